The maximum atomic E-state index is 9.02. The lowest BCUT2D eigenvalue weighted by Crippen LogP contribution is -2.39. The average Bonchev–Trinajstić information content (AvgIpc) is 2.85. The summed E-state index contributed by atoms with van der Waals surface area (Å²) in [6.45, 7) is 3.68. The van der Waals surface area contributed by atoms with Crippen LogP contribution in [0.5, 0.6) is 0 Å². The van der Waals surface area contributed by atoms with Crippen molar-refractivity contribution < 1.29 is 5.11 Å². The maximum Gasteiger partial charge on any atom is 0.0434 e. The highest BCUT2D eigenvalue weighted by molar-refractivity contribution is 4.91. The zero-order chi connectivity index (χ0) is 12.8. The Morgan fingerprint density at radius 1 is 1.17 bits per heavy atom. The summed E-state index contributed by atoms with van der Waals surface area (Å²) in [7, 11) is 0. The van der Waals surface area contributed by atoms with E-state index in [1.54, 1.807) is 0 Å². The minimum atomic E-state index is 0.341. The Morgan fingerprint density at radius 2 is 1.83 bits per heavy atom. The van der Waals surface area contributed by atoms with Gasteiger partial charge in [-0.05, 0) is 62.8 Å². The molecular weight excluding hydrogens is 222 g/mol. The molecule has 106 valence electrons. The van der Waals surface area contributed by atoms with E-state index in [9.17, 15) is 0 Å². The lowest BCUT2D eigenvalue weighted by atomic mass is 9.71. The molecule has 0 bridgehead atoms. The molecule has 2 rings (SSSR count). The van der Waals surface area contributed by atoms with Crippen LogP contribution in [0.1, 0.15) is 71.1 Å². The minimum absolute atomic E-state index is 0.341. The summed E-state index contributed by atoms with van der Waals surface area (Å²) in [5, 5.41) is 12.8. The maximum absolute atomic E-state index is 9.02. The molecule has 2 fully saturated rings. The molecule has 0 radical (unpaired) electrons. The summed E-state index contributed by atoms with van der Waals surface area (Å²) in [6.07, 6.45) is 13.8. The number of hydrogen-bond acceptors (Lipinski definition) is 2. The third kappa shape index (κ3) is 3.71. The van der Waals surface area contributed by atoms with Gasteiger partial charge in [0.15, 0.2) is 0 Å². The molecule has 2 saturated carbocycles. The van der Waals surface area contributed by atoms with Crippen LogP contribution in [-0.4, -0.2) is 24.3 Å². The fourth-order valence-corrected chi connectivity index (χ4v) is 4.03. The zero-order valence-corrected chi connectivity index (χ0v) is 12.1. The third-order valence-corrected chi connectivity index (χ3v) is 5.52. The largest absolute Gasteiger partial charge is 0.396 e. The first-order chi connectivity index (χ1) is 8.78. The van der Waals surface area contributed by atoms with E-state index in [2.05, 4.69) is 12.2 Å². The van der Waals surface area contributed by atoms with Gasteiger partial charge in [0, 0.05) is 12.6 Å². The predicted octanol–water partition coefficient (Wildman–Crippen LogP) is 3.49. The molecule has 0 aromatic rings. The Morgan fingerprint density at radius 3 is 2.39 bits per heavy atom. The van der Waals surface area contributed by atoms with Gasteiger partial charge in [-0.15, -0.1) is 0 Å². The second kappa shape index (κ2) is 6.91. The molecule has 0 amide bonds. The van der Waals surface area contributed by atoms with Crippen LogP contribution >= 0.6 is 0 Å². The van der Waals surface area contributed by atoms with E-state index >= 15 is 0 Å². The normalized spacial score (nSPS) is 25.7. The molecule has 0 aromatic heterocycles. The van der Waals surface area contributed by atoms with Crippen LogP contribution in [0.25, 0.3) is 0 Å². The van der Waals surface area contributed by atoms with Crippen molar-refractivity contribution in [3.05, 3.63) is 0 Å². The smallest absolute Gasteiger partial charge is 0.0434 e. The SMILES string of the molecule is CCC(CCO)CNC1CCC2(CCCC2)CC1. The first-order valence-electron chi connectivity index (χ1n) is 8.12. The zero-order valence-electron chi connectivity index (χ0n) is 12.1. The predicted molar refractivity (Wildman–Crippen MR) is 76.6 cm³/mol. The van der Waals surface area contributed by atoms with E-state index in [0.29, 0.717) is 12.5 Å². The molecule has 1 atom stereocenters. The van der Waals surface area contributed by atoms with E-state index in [0.717, 1.165) is 24.4 Å². The van der Waals surface area contributed by atoms with Crippen LogP contribution in [0.15, 0.2) is 0 Å². The molecule has 2 nitrogen and oxygen atoms in total. The summed E-state index contributed by atoms with van der Waals surface area (Å²) in [5.41, 5.74) is 0.757. The average molecular weight is 253 g/mol. The quantitative estimate of drug-likeness (QED) is 0.759. The second-order valence-electron chi connectivity index (χ2n) is 6.68. The minimum Gasteiger partial charge on any atom is -0.396 e. The molecule has 18 heavy (non-hydrogen) atoms. The number of aliphatic hydroxyl groups excluding tert-OH is 1. The van der Waals surface area contributed by atoms with Crippen molar-refractivity contribution in [2.24, 2.45) is 11.3 Å². The molecule has 2 N–H and O–H groups in total. The number of rotatable bonds is 6. The van der Waals surface area contributed by atoms with Gasteiger partial charge in [0.25, 0.3) is 0 Å². The van der Waals surface area contributed by atoms with E-state index in [-0.39, 0.29) is 0 Å². The summed E-state index contributed by atoms with van der Waals surface area (Å²) in [4.78, 5) is 0. The van der Waals surface area contributed by atoms with Gasteiger partial charge >= 0.3 is 0 Å². The fourth-order valence-electron chi connectivity index (χ4n) is 4.03. The summed E-state index contributed by atoms with van der Waals surface area (Å²) < 4.78 is 0. The van der Waals surface area contributed by atoms with Crippen molar-refractivity contribution in [3.63, 3.8) is 0 Å². The summed E-state index contributed by atoms with van der Waals surface area (Å²) in [5.74, 6) is 0.664. The first kappa shape index (κ1) is 14.3. The van der Waals surface area contributed by atoms with Crippen LogP contribution in [0.4, 0.5) is 0 Å². The molecule has 0 aliphatic heterocycles. The highest BCUT2D eigenvalue weighted by Crippen LogP contribution is 2.48. The van der Waals surface area contributed by atoms with Crippen molar-refractivity contribution in [1.29, 1.82) is 0 Å². The van der Waals surface area contributed by atoms with Crippen LogP contribution in [0.3, 0.4) is 0 Å². The van der Waals surface area contributed by atoms with Crippen LogP contribution < -0.4 is 5.32 Å². The highest BCUT2D eigenvalue weighted by atomic mass is 16.3. The van der Waals surface area contributed by atoms with Gasteiger partial charge in [0.2, 0.25) is 0 Å². The Hall–Kier alpha value is -0.0800. The van der Waals surface area contributed by atoms with Crippen LogP contribution in [-0.2, 0) is 0 Å². The highest BCUT2D eigenvalue weighted by Gasteiger charge is 2.37. The molecule has 2 heteroatoms. The lowest BCUT2D eigenvalue weighted by Gasteiger charge is -2.38. The van der Waals surface area contributed by atoms with Gasteiger partial charge in [-0.25, -0.2) is 0 Å². The summed E-state index contributed by atoms with van der Waals surface area (Å²) >= 11 is 0. The number of aliphatic hydroxyl groups is 1. The van der Waals surface area contributed by atoms with E-state index < -0.39 is 0 Å². The standard InChI is InChI=1S/C16H31NO/c1-2-14(7-12-18)13-17-15-5-10-16(11-6-15)8-3-4-9-16/h14-15,17-18H,2-13H2,1H3. The molecule has 2 aliphatic carbocycles. The fraction of sp³-hybridized carbons (Fsp3) is 1.00. The monoisotopic (exact) mass is 253 g/mol. The van der Waals surface area contributed by atoms with Crippen molar-refractivity contribution in [3.8, 4) is 0 Å². The van der Waals surface area contributed by atoms with Gasteiger partial charge in [0.1, 0.15) is 0 Å². The van der Waals surface area contributed by atoms with Crippen molar-refractivity contribution in [2.75, 3.05) is 13.2 Å². The Bertz CT molecular complexity index is 225. The lowest BCUT2D eigenvalue weighted by molar-refractivity contribution is 0.163. The molecule has 1 unspecified atom stereocenters. The Kier molecular flexibility index (Phi) is 5.50. The van der Waals surface area contributed by atoms with Gasteiger partial charge < -0.3 is 10.4 Å². The van der Waals surface area contributed by atoms with Crippen LogP contribution in [0, 0.1) is 11.3 Å². The van der Waals surface area contributed by atoms with Crippen LogP contribution in [0.2, 0.25) is 0 Å². The van der Waals surface area contributed by atoms with Gasteiger partial charge in [-0.3, -0.25) is 0 Å². The van der Waals surface area contributed by atoms with Crippen molar-refractivity contribution in [2.45, 2.75) is 77.2 Å². The topological polar surface area (TPSA) is 32.3 Å². The molecule has 1 spiro atoms. The van der Waals surface area contributed by atoms with Crippen molar-refractivity contribution >= 4 is 0 Å². The van der Waals surface area contributed by atoms with E-state index in [1.807, 2.05) is 0 Å². The van der Waals surface area contributed by atoms with E-state index in [1.165, 1.54) is 57.8 Å². The molecule has 0 heterocycles. The van der Waals surface area contributed by atoms with Gasteiger partial charge in [-0.2, -0.15) is 0 Å². The Labute approximate surface area is 113 Å². The number of hydrogen-bond donors (Lipinski definition) is 2. The second-order valence-corrected chi connectivity index (χ2v) is 6.68. The Balaban J connectivity index is 1.66. The first-order valence-corrected chi connectivity index (χ1v) is 8.12. The van der Waals surface area contributed by atoms with Crippen molar-refractivity contribution in [1.82, 2.24) is 5.32 Å². The summed E-state index contributed by atoms with van der Waals surface area (Å²) in [6, 6.07) is 0.754. The molecular formula is C16H31NO. The third-order valence-electron chi connectivity index (χ3n) is 5.52. The van der Waals surface area contributed by atoms with Gasteiger partial charge in [-0.1, -0.05) is 26.2 Å². The molecule has 0 aromatic carbocycles. The van der Waals surface area contributed by atoms with E-state index in [4.69, 9.17) is 5.11 Å². The molecule has 0 saturated heterocycles. The number of nitrogens with one attached hydrogen (secondary N) is 1. The molecule has 2 aliphatic rings. The van der Waals surface area contributed by atoms with Gasteiger partial charge in [0.05, 0.1) is 0 Å².